The fourth-order valence-corrected chi connectivity index (χ4v) is 3.38. The van der Waals surface area contributed by atoms with Crippen LogP contribution in [0, 0.1) is 0 Å². The van der Waals surface area contributed by atoms with Crippen LogP contribution in [0.3, 0.4) is 0 Å². The van der Waals surface area contributed by atoms with Crippen LogP contribution in [-0.4, -0.2) is 45.2 Å². The first-order valence-corrected chi connectivity index (χ1v) is 9.14. The highest BCUT2D eigenvalue weighted by Gasteiger charge is 2.22. The molecular formula is C18H26N6O2. The molecule has 8 heteroatoms. The lowest BCUT2D eigenvalue weighted by Gasteiger charge is -2.36. The van der Waals surface area contributed by atoms with E-state index in [1.54, 1.807) is 0 Å². The van der Waals surface area contributed by atoms with E-state index in [1.807, 2.05) is 6.07 Å². The number of amides is 2. The van der Waals surface area contributed by atoms with Crippen molar-refractivity contribution in [2.75, 3.05) is 13.1 Å². The van der Waals surface area contributed by atoms with E-state index in [9.17, 15) is 9.59 Å². The zero-order chi connectivity index (χ0) is 18.2. The number of H-pyrrole nitrogens is 2. The summed E-state index contributed by atoms with van der Waals surface area (Å²) >= 11 is 0. The number of rotatable bonds is 7. The van der Waals surface area contributed by atoms with Gasteiger partial charge in [0.1, 0.15) is 5.82 Å². The first kappa shape index (κ1) is 18.2. The predicted molar refractivity (Wildman–Crippen MR) is 98.6 cm³/mol. The summed E-state index contributed by atoms with van der Waals surface area (Å²) in [4.78, 5) is 27.8. The van der Waals surface area contributed by atoms with Gasteiger partial charge in [-0.15, -0.1) is 0 Å². The zero-order valence-electron chi connectivity index (χ0n) is 14.8. The third kappa shape index (κ3) is 5.45. The van der Waals surface area contributed by atoms with Crippen molar-refractivity contribution in [3.05, 3.63) is 52.2 Å². The summed E-state index contributed by atoms with van der Waals surface area (Å²) in [5.74, 6) is 0.409. The number of likely N-dealkylation sites (tertiary alicyclic amines) is 1. The Morgan fingerprint density at radius 3 is 2.85 bits per heavy atom. The second kappa shape index (κ2) is 9.19. The number of hydrogen-bond donors (Lipinski definition) is 4. The molecule has 2 heterocycles. The maximum Gasteiger partial charge on any atom is 0.340 e. The molecule has 1 unspecified atom stereocenters. The number of urea groups is 1. The monoisotopic (exact) mass is 358 g/mol. The summed E-state index contributed by atoms with van der Waals surface area (Å²) in [5.41, 5.74) is 0.955. The number of nitrogens with zero attached hydrogens (tertiary/aromatic N) is 2. The van der Waals surface area contributed by atoms with Crippen molar-refractivity contribution in [3.8, 4) is 0 Å². The quantitative estimate of drug-likeness (QED) is 0.599. The van der Waals surface area contributed by atoms with Crippen LogP contribution in [0.2, 0.25) is 0 Å². The molecular weight excluding hydrogens is 332 g/mol. The molecule has 1 saturated heterocycles. The lowest BCUT2D eigenvalue weighted by atomic mass is 9.98. The number of nitrogens with one attached hydrogen (secondary N) is 4. The number of aromatic nitrogens is 3. The van der Waals surface area contributed by atoms with Crippen molar-refractivity contribution in [1.82, 2.24) is 30.7 Å². The second-order valence-electron chi connectivity index (χ2n) is 6.63. The Kier molecular flexibility index (Phi) is 6.43. The molecule has 1 atom stereocenters. The fraction of sp³-hybridized carbons (Fsp3) is 0.500. The molecule has 1 aromatic carbocycles. The third-order valence-corrected chi connectivity index (χ3v) is 4.71. The summed E-state index contributed by atoms with van der Waals surface area (Å²) < 4.78 is 0. The minimum Gasteiger partial charge on any atom is -0.338 e. The normalized spacial score (nSPS) is 17.8. The summed E-state index contributed by atoms with van der Waals surface area (Å²) in [7, 11) is 0. The fourth-order valence-electron chi connectivity index (χ4n) is 3.38. The second-order valence-corrected chi connectivity index (χ2v) is 6.63. The van der Waals surface area contributed by atoms with Crippen LogP contribution < -0.4 is 16.3 Å². The molecule has 1 aliphatic heterocycles. The molecule has 0 spiro atoms. The topological polar surface area (TPSA) is 106 Å². The Morgan fingerprint density at radius 1 is 1.23 bits per heavy atom. The van der Waals surface area contributed by atoms with E-state index < -0.39 is 0 Å². The number of piperidine rings is 1. The van der Waals surface area contributed by atoms with Gasteiger partial charge < -0.3 is 10.6 Å². The molecule has 26 heavy (non-hydrogen) atoms. The van der Waals surface area contributed by atoms with Crippen molar-refractivity contribution < 1.29 is 4.79 Å². The Balaban J connectivity index is 1.40. The van der Waals surface area contributed by atoms with Crippen molar-refractivity contribution in [1.29, 1.82) is 0 Å². The lowest BCUT2D eigenvalue weighted by Crippen LogP contribution is -2.42. The van der Waals surface area contributed by atoms with Gasteiger partial charge in [-0.1, -0.05) is 36.8 Å². The van der Waals surface area contributed by atoms with Crippen LogP contribution in [0.5, 0.6) is 0 Å². The number of hydrogen-bond acceptors (Lipinski definition) is 4. The Morgan fingerprint density at radius 2 is 2.08 bits per heavy atom. The molecule has 0 aliphatic carbocycles. The van der Waals surface area contributed by atoms with E-state index in [-0.39, 0.29) is 18.3 Å². The molecule has 4 N–H and O–H groups in total. The molecule has 140 valence electrons. The van der Waals surface area contributed by atoms with Crippen molar-refractivity contribution in [2.45, 2.75) is 44.8 Å². The average Bonchev–Trinajstić information content (AvgIpc) is 3.08. The van der Waals surface area contributed by atoms with Crippen LogP contribution in [-0.2, 0) is 13.1 Å². The minimum atomic E-state index is -0.377. The van der Waals surface area contributed by atoms with E-state index in [2.05, 4.69) is 55.0 Å². The maximum absolute atomic E-state index is 11.9. The van der Waals surface area contributed by atoms with Gasteiger partial charge in [-0.3, -0.25) is 9.88 Å². The molecule has 8 nitrogen and oxygen atoms in total. The first-order valence-electron chi connectivity index (χ1n) is 9.14. The Labute approximate surface area is 152 Å². The van der Waals surface area contributed by atoms with E-state index in [1.165, 1.54) is 24.8 Å². The highest BCUT2D eigenvalue weighted by atomic mass is 16.2. The number of aromatic amines is 2. The molecule has 0 radical (unpaired) electrons. The molecule has 0 saturated carbocycles. The maximum atomic E-state index is 11.9. The van der Waals surface area contributed by atoms with Gasteiger partial charge in [0.05, 0.1) is 6.54 Å². The molecule has 2 amide bonds. The summed E-state index contributed by atoms with van der Waals surface area (Å²) in [6, 6.07) is 10.8. The van der Waals surface area contributed by atoms with Crippen LogP contribution >= 0.6 is 0 Å². The van der Waals surface area contributed by atoms with Gasteiger partial charge in [-0.05, 0) is 31.4 Å². The van der Waals surface area contributed by atoms with Gasteiger partial charge in [-0.2, -0.15) is 5.10 Å². The predicted octanol–water partition coefficient (Wildman–Crippen LogP) is 1.34. The van der Waals surface area contributed by atoms with Gasteiger partial charge in [0.2, 0.25) is 0 Å². The highest BCUT2D eigenvalue weighted by molar-refractivity contribution is 5.73. The number of benzene rings is 1. The van der Waals surface area contributed by atoms with Crippen LogP contribution in [0.15, 0.2) is 35.1 Å². The molecule has 1 aromatic heterocycles. The van der Waals surface area contributed by atoms with Gasteiger partial charge in [-0.25, -0.2) is 14.7 Å². The van der Waals surface area contributed by atoms with E-state index in [4.69, 9.17) is 0 Å². The van der Waals surface area contributed by atoms with Crippen LogP contribution in [0.1, 0.15) is 37.1 Å². The highest BCUT2D eigenvalue weighted by Crippen LogP contribution is 2.21. The standard InChI is InChI=1S/C18H26N6O2/c25-17(20-12-16-21-18(26)23-22-16)19-10-9-15-8-4-5-11-24(15)13-14-6-2-1-3-7-14/h1-3,6-7,15H,4-5,8-13H2,(H2,19,20,25)(H2,21,22,23,26). The zero-order valence-corrected chi connectivity index (χ0v) is 14.8. The van der Waals surface area contributed by atoms with Gasteiger partial charge >= 0.3 is 11.7 Å². The first-order chi connectivity index (χ1) is 12.7. The van der Waals surface area contributed by atoms with Crippen LogP contribution in [0.25, 0.3) is 0 Å². The average molecular weight is 358 g/mol. The van der Waals surface area contributed by atoms with Crippen molar-refractivity contribution in [3.63, 3.8) is 0 Å². The number of carbonyl (C=O) groups is 1. The largest absolute Gasteiger partial charge is 0.340 e. The SMILES string of the molecule is O=C(NCCC1CCCCN1Cc1ccccc1)NCc1n[nH]c(=O)[nH]1. The molecule has 0 bridgehead atoms. The molecule has 1 aliphatic rings. The molecule has 2 aromatic rings. The van der Waals surface area contributed by atoms with Crippen molar-refractivity contribution in [2.24, 2.45) is 0 Å². The van der Waals surface area contributed by atoms with Crippen LogP contribution in [0.4, 0.5) is 4.79 Å². The Hall–Kier alpha value is -2.61. The van der Waals surface area contributed by atoms with Crippen molar-refractivity contribution >= 4 is 6.03 Å². The molecule has 3 rings (SSSR count). The lowest BCUT2D eigenvalue weighted by molar-refractivity contribution is 0.132. The summed E-state index contributed by atoms with van der Waals surface area (Å²) in [6.45, 7) is 2.88. The van der Waals surface area contributed by atoms with E-state index in [0.29, 0.717) is 18.4 Å². The molecule has 1 fully saturated rings. The smallest absolute Gasteiger partial charge is 0.338 e. The van der Waals surface area contributed by atoms with E-state index >= 15 is 0 Å². The summed E-state index contributed by atoms with van der Waals surface area (Å²) in [6.07, 6.45) is 4.58. The van der Waals surface area contributed by atoms with Gasteiger partial charge in [0, 0.05) is 19.1 Å². The Bertz CT molecular complexity index is 741. The third-order valence-electron chi connectivity index (χ3n) is 4.71. The minimum absolute atomic E-state index is 0.189. The van der Waals surface area contributed by atoms with Gasteiger partial charge in [0.15, 0.2) is 0 Å². The summed E-state index contributed by atoms with van der Waals surface area (Å²) in [5, 5.41) is 11.6. The van der Waals surface area contributed by atoms with E-state index in [0.717, 1.165) is 19.5 Å². The number of carbonyl (C=O) groups excluding carboxylic acids is 1. The van der Waals surface area contributed by atoms with Gasteiger partial charge in [0.25, 0.3) is 0 Å².